The van der Waals surface area contributed by atoms with Crippen molar-refractivity contribution in [1.29, 1.82) is 0 Å². The van der Waals surface area contributed by atoms with E-state index in [4.69, 9.17) is 0 Å². The summed E-state index contributed by atoms with van der Waals surface area (Å²) in [6, 6.07) is 0.629. The molecular weight excluding hydrogens is 346 g/mol. The van der Waals surface area contributed by atoms with Crippen LogP contribution in [0.5, 0.6) is 0 Å². The number of esters is 1. The summed E-state index contributed by atoms with van der Waals surface area (Å²) >= 11 is 3.02. The summed E-state index contributed by atoms with van der Waals surface area (Å²) < 4.78 is 55.7. The molecule has 0 heterocycles. The lowest BCUT2D eigenvalue weighted by Crippen LogP contribution is -2.39. The highest BCUT2D eigenvalue weighted by molar-refractivity contribution is 9.10. The zero-order valence-electron chi connectivity index (χ0n) is 10.6. The number of benzene rings is 1. The molecule has 1 rings (SSSR count). The fraction of sp³-hybridized carbons (Fsp3) is 0.417. The van der Waals surface area contributed by atoms with Crippen molar-refractivity contribution in [3.63, 3.8) is 0 Å². The molecule has 0 aromatic heterocycles. The third-order valence-electron chi connectivity index (χ3n) is 2.62. The van der Waals surface area contributed by atoms with Crippen LogP contribution in [0.3, 0.4) is 0 Å². The molecule has 3 nitrogen and oxygen atoms in total. The Bertz CT molecular complexity index is 505. The van der Waals surface area contributed by atoms with Crippen LogP contribution in [0.1, 0.15) is 22.8 Å². The Morgan fingerprint density at radius 3 is 2.55 bits per heavy atom. The largest absolute Gasteiger partial charge is 0.465 e. The van der Waals surface area contributed by atoms with Gasteiger partial charge >= 0.3 is 12.1 Å². The molecule has 1 aromatic rings. The fourth-order valence-electron chi connectivity index (χ4n) is 1.48. The Hall–Kier alpha value is -1.15. The van der Waals surface area contributed by atoms with Crippen LogP contribution in [-0.2, 0) is 11.3 Å². The molecule has 0 aliphatic carbocycles. The molecule has 0 spiro atoms. The minimum Gasteiger partial charge on any atom is -0.465 e. The zero-order valence-corrected chi connectivity index (χ0v) is 12.2. The number of carbonyl (C=O) groups excluding carboxylic acids is 1. The lowest BCUT2D eigenvalue weighted by atomic mass is 10.1. The molecule has 0 radical (unpaired) electrons. The number of nitrogens with one attached hydrogen (secondary N) is 1. The van der Waals surface area contributed by atoms with Crippen molar-refractivity contribution in [1.82, 2.24) is 5.32 Å². The van der Waals surface area contributed by atoms with Crippen molar-refractivity contribution >= 4 is 21.9 Å². The normalized spacial score (nSPS) is 13.2. The van der Waals surface area contributed by atoms with Crippen LogP contribution < -0.4 is 5.32 Å². The van der Waals surface area contributed by atoms with E-state index in [0.29, 0.717) is 4.47 Å². The zero-order chi connectivity index (χ0) is 15.5. The highest BCUT2D eigenvalue weighted by Crippen LogP contribution is 2.23. The number of carbonyl (C=O) groups is 1. The van der Waals surface area contributed by atoms with Gasteiger partial charge in [0.05, 0.1) is 12.7 Å². The molecule has 1 atom stereocenters. The Balaban J connectivity index is 3.02. The number of alkyl halides is 3. The van der Waals surface area contributed by atoms with Crippen LogP contribution in [0.15, 0.2) is 16.6 Å². The average molecular weight is 358 g/mol. The molecule has 0 aliphatic heterocycles. The van der Waals surface area contributed by atoms with Gasteiger partial charge in [0.2, 0.25) is 0 Å². The fourth-order valence-corrected chi connectivity index (χ4v) is 1.95. The predicted molar refractivity (Wildman–Crippen MR) is 67.8 cm³/mol. The quantitative estimate of drug-likeness (QED) is 0.662. The minimum absolute atomic E-state index is 0.0832. The maximum Gasteiger partial charge on any atom is 0.403 e. The SMILES string of the molecule is COC(=O)c1c(F)cc(Br)cc1CN[C@@H](C)C(F)(F)F. The first kappa shape index (κ1) is 16.9. The van der Waals surface area contributed by atoms with Crippen LogP contribution >= 0.6 is 15.9 Å². The molecule has 1 aromatic carbocycles. The van der Waals surface area contributed by atoms with Crippen molar-refractivity contribution in [2.45, 2.75) is 25.7 Å². The molecule has 0 fully saturated rings. The van der Waals surface area contributed by atoms with Crippen molar-refractivity contribution in [2.75, 3.05) is 7.11 Å². The van der Waals surface area contributed by atoms with Gasteiger partial charge in [-0.15, -0.1) is 0 Å². The van der Waals surface area contributed by atoms with E-state index in [1.165, 1.54) is 6.07 Å². The second-order valence-electron chi connectivity index (χ2n) is 4.06. The van der Waals surface area contributed by atoms with Crippen molar-refractivity contribution < 1.29 is 27.1 Å². The topological polar surface area (TPSA) is 38.3 Å². The monoisotopic (exact) mass is 357 g/mol. The highest BCUT2D eigenvalue weighted by Gasteiger charge is 2.35. The van der Waals surface area contributed by atoms with Crippen LogP contribution in [0.4, 0.5) is 17.6 Å². The molecule has 1 N–H and O–H groups in total. The molecule has 0 unspecified atom stereocenters. The second-order valence-corrected chi connectivity index (χ2v) is 4.97. The van der Waals surface area contributed by atoms with E-state index in [9.17, 15) is 22.4 Å². The smallest absolute Gasteiger partial charge is 0.403 e. The summed E-state index contributed by atoms with van der Waals surface area (Å²) in [6.45, 7) is 0.619. The number of hydrogen-bond donors (Lipinski definition) is 1. The van der Waals surface area contributed by atoms with Gasteiger partial charge in [-0.3, -0.25) is 0 Å². The summed E-state index contributed by atoms with van der Waals surface area (Å²) in [6.07, 6.45) is -4.42. The molecule has 0 aliphatic rings. The van der Waals surface area contributed by atoms with E-state index >= 15 is 0 Å². The number of rotatable bonds is 4. The molecule has 112 valence electrons. The number of hydrogen-bond acceptors (Lipinski definition) is 3. The second kappa shape index (κ2) is 6.53. The highest BCUT2D eigenvalue weighted by atomic mass is 79.9. The van der Waals surface area contributed by atoms with E-state index in [1.807, 2.05) is 0 Å². The Labute approximate surface area is 121 Å². The minimum atomic E-state index is -4.42. The van der Waals surface area contributed by atoms with E-state index in [-0.39, 0.29) is 17.7 Å². The number of halogens is 5. The van der Waals surface area contributed by atoms with Gasteiger partial charge in [0.25, 0.3) is 0 Å². The summed E-state index contributed by atoms with van der Waals surface area (Å²) in [4.78, 5) is 11.5. The van der Waals surface area contributed by atoms with Gasteiger partial charge in [0.15, 0.2) is 0 Å². The first-order valence-electron chi connectivity index (χ1n) is 5.53. The van der Waals surface area contributed by atoms with Gasteiger partial charge in [-0.25, -0.2) is 9.18 Å². The van der Waals surface area contributed by atoms with E-state index in [0.717, 1.165) is 20.1 Å². The molecule has 0 amide bonds. The van der Waals surface area contributed by atoms with Crippen LogP contribution in [0.2, 0.25) is 0 Å². The van der Waals surface area contributed by atoms with Crippen LogP contribution in [0, 0.1) is 5.82 Å². The van der Waals surface area contributed by atoms with Gasteiger partial charge in [0.1, 0.15) is 11.9 Å². The molecule has 0 bridgehead atoms. The van der Waals surface area contributed by atoms with E-state index in [2.05, 4.69) is 26.0 Å². The summed E-state index contributed by atoms with van der Waals surface area (Å²) in [5, 5.41) is 2.19. The molecule has 0 saturated carbocycles. The molecule has 0 saturated heterocycles. The van der Waals surface area contributed by atoms with E-state index < -0.39 is 24.0 Å². The maximum atomic E-state index is 13.7. The molecule has 8 heteroatoms. The van der Waals surface area contributed by atoms with Gasteiger partial charge in [-0.1, -0.05) is 15.9 Å². The summed E-state index contributed by atoms with van der Waals surface area (Å²) in [5.41, 5.74) is -0.294. The Morgan fingerprint density at radius 1 is 1.45 bits per heavy atom. The van der Waals surface area contributed by atoms with E-state index in [1.54, 1.807) is 0 Å². The third-order valence-corrected chi connectivity index (χ3v) is 3.07. The summed E-state index contributed by atoms with van der Waals surface area (Å²) in [7, 11) is 1.07. The first-order chi connectivity index (χ1) is 9.16. The first-order valence-corrected chi connectivity index (χ1v) is 6.32. The number of methoxy groups -OCH3 is 1. The lowest BCUT2D eigenvalue weighted by Gasteiger charge is -2.18. The third kappa shape index (κ3) is 4.17. The maximum absolute atomic E-state index is 13.7. The predicted octanol–water partition coefficient (Wildman–Crippen LogP) is 3.42. The number of ether oxygens (including phenoxy) is 1. The lowest BCUT2D eigenvalue weighted by molar-refractivity contribution is -0.151. The average Bonchev–Trinajstić information content (AvgIpc) is 2.33. The Morgan fingerprint density at radius 2 is 2.05 bits per heavy atom. The molecule has 20 heavy (non-hydrogen) atoms. The van der Waals surface area contributed by atoms with Crippen molar-refractivity contribution in [3.8, 4) is 0 Å². The standard InChI is InChI=1S/C12H12BrF4NO2/c1-6(12(15,16)17)18-5-7-3-8(13)4-9(14)10(7)11(19)20-2/h3-4,6,18H,5H2,1-2H3/t6-/m0/s1. The van der Waals surface area contributed by atoms with Gasteiger partial charge in [-0.05, 0) is 24.6 Å². The van der Waals surface area contributed by atoms with Crippen LogP contribution in [0.25, 0.3) is 0 Å². The van der Waals surface area contributed by atoms with Crippen molar-refractivity contribution in [3.05, 3.63) is 33.5 Å². The van der Waals surface area contributed by atoms with Gasteiger partial charge in [-0.2, -0.15) is 13.2 Å². The van der Waals surface area contributed by atoms with Crippen molar-refractivity contribution in [2.24, 2.45) is 0 Å². The summed E-state index contributed by atoms with van der Waals surface area (Å²) in [5.74, 6) is -1.80. The van der Waals surface area contributed by atoms with Gasteiger partial charge in [0, 0.05) is 11.0 Å². The Kier molecular flexibility index (Phi) is 5.52. The molecular formula is C12H12BrF4NO2. The van der Waals surface area contributed by atoms with Gasteiger partial charge < -0.3 is 10.1 Å². The van der Waals surface area contributed by atoms with Crippen LogP contribution in [-0.4, -0.2) is 25.3 Å².